The first-order valence-electron chi connectivity index (χ1n) is 7.29. The van der Waals surface area contributed by atoms with Crippen LogP contribution in [0, 0.1) is 12.3 Å². The summed E-state index contributed by atoms with van der Waals surface area (Å²) in [4.78, 5) is 12.2. The second-order valence-corrected chi connectivity index (χ2v) is 5.76. The summed E-state index contributed by atoms with van der Waals surface area (Å²) in [6, 6.07) is 7.93. The van der Waals surface area contributed by atoms with E-state index in [1.807, 2.05) is 38.1 Å². The second-order valence-electron chi connectivity index (χ2n) is 5.76. The van der Waals surface area contributed by atoms with Gasteiger partial charge in [-0.3, -0.25) is 4.79 Å². The highest BCUT2D eigenvalue weighted by Gasteiger charge is 2.34. The van der Waals surface area contributed by atoms with Crippen LogP contribution in [0.15, 0.2) is 24.3 Å². The largest absolute Gasteiger partial charge is 0.492 e. The van der Waals surface area contributed by atoms with Gasteiger partial charge in [0.05, 0.1) is 12.0 Å². The number of ether oxygens (including phenoxy) is 1. The lowest BCUT2D eigenvalue weighted by Gasteiger charge is -2.32. The number of rotatable bonds is 5. The highest BCUT2D eigenvalue weighted by atomic mass is 16.5. The number of hydrogen-bond acceptors (Lipinski definition) is 3. The number of carbonyl (C=O) groups is 1. The summed E-state index contributed by atoms with van der Waals surface area (Å²) < 4.78 is 5.63. The van der Waals surface area contributed by atoms with Crippen LogP contribution in [0.4, 0.5) is 0 Å². The van der Waals surface area contributed by atoms with Gasteiger partial charge in [-0.2, -0.15) is 0 Å². The lowest BCUT2D eigenvalue weighted by atomic mass is 9.82. The summed E-state index contributed by atoms with van der Waals surface area (Å²) >= 11 is 0. The van der Waals surface area contributed by atoms with E-state index in [4.69, 9.17) is 4.74 Å². The number of aryl methyl sites for hydroxylation is 1. The first-order valence-corrected chi connectivity index (χ1v) is 7.29. The molecule has 2 N–H and O–H groups in total. The van der Waals surface area contributed by atoms with Gasteiger partial charge in [0, 0.05) is 6.54 Å². The van der Waals surface area contributed by atoms with E-state index in [1.54, 1.807) is 0 Å². The standard InChI is InChI=1S/C16H24N2O2/c1-13-5-3-6-14(11-13)20-10-9-18-15(19)16(2)7-4-8-17-12-16/h3,5-6,11,17H,4,7-10,12H2,1-2H3,(H,18,19). The highest BCUT2D eigenvalue weighted by molar-refractivity contribution is 5.82. The fourth-order valence-corrected chi connectivity index (χ4v) is 2.50. The molecule has 0 radical (unpaired) electrons. The molecule has 1 aromatic rings. The van der Waals surface area contributed by atoms with Crippen molar-refractivity contribution in [3.05, 3.63) is 29.8 Å². The van der Waals surface area contributed by atoms with Crippen LogP contribution in [-0.2, 0) is 4.79 Å². The quantitative estimate of drug-likeness (QED) is 0.807. The van der Waals surface area contributed by atoms with Crippen molar-refractivity contribution in [1.82, 2.24) is 10.6 Å². The van der Waals surface area contributed by atoms with Crippen molar-refractivity contribution in [3.8, 4) is 5.75 Å². The van der Waals surface area contributed by atoms with E-state index >= 15 is 0 Å². The van der Waals surface area contributed by atoms with E-state index in [2.05, 4.69) is 10.6 Å². The van der Waals surface area contributed by atoms with E-state index in [0.29, 0.717) is 13.2 Å². The maximum Gasteiger partial charge on any atom is 0.227 e. The number of hydrogen-bond donors (Lipinski definition) is 2. The van der Waals surface area contributed by atoms with Crippen LogP contribution >= 0.6 is 0 Å². The molecule has 0 aromatic heterocycles. The van der Waals surface area contributed by atoms with Crippen LogP contribution in [0.5, 0.6) is 5.75 Å². The molecule has 4 heteroatoms. The molecule has 0 saturated carbocycles. The van der Waals surface area contributed by atoms with Gasteiger partial charge in [0.1, 0.15) is 12.4 Å². The monoisotopic (exact) mass is 276 g/mol. The normalized spacial score (nSPS) is 22.3. The molecule has 1 unspecified atom stereocenters. The highest BCUT2D eigenvalue weighted by Crippen LogP contribution is 2.25. The predicted octanol–water partition coefficient (Wildman–Crippen LogP) is 1.88. The summed E-state index contributed by atoms with van der Waals surface area (Å²) in [5.41, 5.74) is 0.897. The molecule has 0 aliphatic carbocycles. The minimum Gasteiger partial charge on any atom is -0.492 e. The van der Waals surface area contributed by atoms with Crippen LogP contribution in [0.1, 0.15) is 25.3 Å². The Balaban J connectivity index is 1.71. The maximum atomic E-state index is 12.2. The van der Waals surface area contributed by atoms with Gasteiger partial charge < -0.3 is 15.4 Å². The van der Waals surface area contributed by atoms with Crippen molar-refractivity contribution in [3.63, 3.8) is 0 Å². The summed E-state index contributed by atoms with van der Waals surface area (Å²) in [5, 5.41) is 6.26. The maximum absolute atomic E-state index is 12.2. The predicted molar refractivity (Wildman–Crippen MR) is 79.9 cm³/mol. The molecule has 1 aliphatic heterocycles. The first kappa shape index (κ1) is 14.9. The molecule has 1 fully saturated rings. The zero-order valence-electron chi connectivity index (χ0n) is 12.4. The fraction of sp³-hybridized carbons (Fsp3) is 0.562. The van der Waals surface area contributed by atoms with Gasteiger partial charge in [-0.05, 0) is 50.9 Å². The Labute approximate surface area is 120 Å². The minimum atomic E-state index is -0.276. The molecule has 4 nitrogen and oxygen atoms in total. The van der Waals surface area contributed by atoms with Gasteiger partial charge in [-0.25, -0.2) is 0 Å². The van der Waals surface area contributed by atoms with E-state index in [0.717, 1.165) is 31.7 Å². The van der Waals surface area contributed by atoms with Crippen molar-refractivity contribution < 1.29 is 9.53 Å². The zero-order chi connectivity index (χ0) is 14.4. The molecule has 1 heterocycles. The van der Waals surface area contributed by atoms with Crippen LogP contribution in [-0.4, -0.2) is 32.1 Å². The third kappa shape index (κ3) is 3.97. The Morgan fingerprint density at radius 1 is 1.50 bits per heavy atom. The van der Waals surface area contributed by atoms with Gasteiger partial charge in [0.2, 0.25) is 5.91 Å². The van der Waals surface area contributed by atoms with Gasteiger partial charge in [-0.1, -0.05) is 12.1 Å². The smallest absolute Gasteiger partial charge is 0.227 e. The fourth-order valence-electron chi connectivity index (χ4n) is 2.50. The molecule has 0 spiro atoms. The van der Waals surface area contributed by atoms with Gasteiger partial charge in [0.25, 0.3) is 0 Å². The summed E-state index contributed by atoms with van der Waals surface area (Å²) in [7, 11) is 0. The Kier molecular flexibility index (Phi) is 5.01. The van der Waals surface area contributed by atoms with Crippen molar-refractivity contribution in [1.29, 1.82) is 0 Å². The molecule has 20 heavy (non-hydrogen) atoms. The number of nitrogens with one attached hydrogen (secondary N) is 2. The van der Waals surface area contributed by atoms with Crippen molar-refractivity contribution in [2.75, 3.05) is 26.2 Å². The Morgan fingerprint density at radius 3 is 3.05 bits per heavy atom. The lowest BCUT2D eigenvalue weighted by molar-refractivity contribution is -0.131. The molecule has 1 amide bonds. The molecule has 2 rings (SSSR count). The van der Waals surface area contributed by atoms with Crippen LogP contribution in [0.2, 0.25) is 0 Å². The zero-order valence-corrected chi connectivity index (χ0v) is 12.4. The molecular formula is C16H24N2O2. The van der Waals surface area contributed by atoms with E-state index < -0.39 is 0 Å². The van der Waals surface area contributed by atoms with E-state index in [9.17, 15) is 4.79 Å². The van der Waals surface area contributed by atoms with Gasteiger partial charge >= 0.3 is 0 Å². The van der Waals surface area contributed by atoms with Crippen molar-refractivity contribution >= 4 is 5.91 Å². The summed E-state index contributed by atoms with van der Waals surface area (Å²) in [5.74, 6) is 0.974. The molecule has 1 aliphatic rings. The second kappa shape index (κ2) is 6.75. The molecule has 1 aromatic carbocycles. The Bertz CT molecular complexity index is 454. The summed E-state index contributed by atoms with van der Waals surface area (Å²) in [6.45, 7) is 6.87. The van der Waals surface area contributed by atoms with E-state index in [1.165, 1.54) is 5.56 Å². The topological polar surface area (TPSA) is 50.4 Å². The summed E-state index contributed by atoms with van der Waals surface area (Å²) in [6.07, 6.45) is 2.01. The lowest BCUT2D eigenvalue weighted by Crippen LogP contribution is -2.49. The van der Waals surface area contributed by atoms with Crippen molar-refractivity contribution in [2.24, 2.45) is 5.41 Å². The Hall–Kier alpha value is -1.55. The van der Waals surface area contributed by atoms with Crippen LogP contribution in [0.3, 0.4) is 0 Å². The molecule has 0 bridgehead atoms. The minimum absolute atomic E-state index is 0.123. The average Bonchev–Trinajstić information content (AvgIpc) is 2.44. The average molecular weight is 276 g/mol. The van der Waals surface area contributed by atoms with E-state index in [-0.39, 0.29) is 11.3 Å². The van der Waals surface area contributed by atoms with Crippen molar-refractivity contribution in [2.45, 2.75) is 26.7 Å². The number of piperidine rings is 1. The third-order valence-corrected chi connectivity index (χ3v) is 3.79. The SMILES string of the molecule is Cc1cccc(OCCNC(=O)C2(C)CCCNC2)c1. The molecule has 1 saturated heterocycles. The first-order chi connectivity index (χ1) is 9.60. The van der Waals surface area contributed by atoms with Gasteiger partial charge in [0.15, 0.2) is 0 Å². The number of benzene rings is 1. The molecular weight excluding hydrogens is 252 g/mol. The third-order valence-electron chi connectivity index (χ3n) is 3.79. The molecule has 1 atom stereocenters. The van der Waals surface area contributed by atoms with Crippen LogP contribution in [0.25, 0.3) is 0 Å². The van der Waals surface area contributed by atoms with Crippen LogP contribution < -0.4 is 15.4 Å². The number of amides is 1. The van der Waals surface area contributed by atoms with Gasteiger partial charge in [-0.15, -0.1) is 0 Å². The molecule has 110 valence electrons. The number of carbonyl (C=O) groups excluding carboxylic acids is 1. The Morgan fingerprint density at radius 2 is 2.35 bits per heavy atom.